The molecule has 31 heavy (non-hydrogen) atoms. The first-order valence-corrected chi connectivity index (χ1v) is 13.2. The number of unbranched alkanes of at least 4 members (excludes halogenated alkanes) is 15. The van der Waals surface area contributed by atoms with E-state index in [-0.39, 0.29) is 11.4 Å². The Hall–Kier alpha value is -1.31. The van der Waals surface area contributed by atoms with Crippen molar-refractivity contribution in [3.63, 3.8) is 0 Å². The predicted molar refractivity (Wildman–Crippen MR) is 135 cm³/mol. The van der Waals surface area contributed by atoms with Crippen molar-refractivity contribution in [3.05, 3.63) is 35.4 Å². The Labute approximate surface area is 193 Å². The third-order valence-electron chi connectivity index (χ3n) is 6.22. The normalized spacial score (nSPS) is 11.6. The molecule has 0 saturated heterocycles. The zero-order valence-corrected chi connectivity index (χ0v) is 21.1. The van der Waals surface area contributed by atoms with Gasteiger partial charge in [-0.2, -0.15) is 0 Å². The van der Waals surface area contributed by atoms with Crippen LogP contribution in [0.1, 0.15) is 146 Å². The van der Waals surface area contributed by atoms with E-state index in [0.29, 0.717) is 12.2 Å². The number of carbonyl (C=O) groups is 1. The lowest BCUT2D eigenvalue weighted by atomic mass is 9.87. The van der Waals surface area contributed by atoms with Gasteiger partial charge in [-0.15, -0.1) is 0 Å². The lowest BCUT2D eigenvalue weighted by molar-refractivity contribution is 0.0497. The van der Waals surface area contributed by atoms with Crippen LogP contribution in [0, 0.1) is 0 Å². The summed E-state index contributed by atoms with van der Waals surface area (Å²) in [4.78, 5) is 12.1. The molecule has 0 radical (unpaired) electrons. The molecule has 0 aliphatic carbocycles. The minimum atomic E-state index is -0.193. The maximum atomic E-state index is 12.1. The monoisotopic (exact) mass is 430 g/mol. The molecule has 0 amide bonds. The summed E-state index contributed by atoms with van der Waals surface area (Å²) in [5.41, 5.74) is 2.00. The van der Waals surface area contributed by atoms with Crippen molar-refractivity contribution < 1.29 is 9.53 Å². The van der Waals surface area contributed by atoms with E-state index in [0.717, 1.165) is 12.8 Å². The first kappa shape index (κ1) is 27.7. The van der Waals surface area contributed by atoms with Crippen LogP contribution in [-0.4, -0.2) is 12.6 Å². The number of benzene rings is 1. The largest absolute Gasteiger partial charge is 0.462 e. The Bertz CT molecular complexity index is 553. The number of rotatable bonds is 18. The maximum Gasteiger partial charge on any atom is 0.338 e. The Kier molecular flexibility index (Phi) is 15.4. The van der Waals surface area contributed by atoms with Crippen LogP contribution in [0.4, 0.5) is 0 Å². The molecular formula is C29H50O2. The van der Waals surface area contributed by atoms with E-state index in [2.05, 4.69) is 27.7 Å². The molecule has 2 nitrogen and oxygen atoms in total. The van der Waals surface area contributed by atoms with Crippen molar-refractivity contribution in [1.82, 2.24) is 0 Å². The van der Waals surface area contributed by atoms with Gasteiger partial charge in [0.25, 0.3) is 0 Å². The van der Waals surface area contributed by atoms with Crippen molar-refractivity contribution in [2.45, 2.75) is 136 Å². The average molecular weight is 431 g/mol. The number of esters is 1. The Morgan fingerprint density at radius 2 is 1.03 bits per heavy atom. The Balaban J connectivity index is 1.89. The van der Waals surface area contributed by atoms with E-state index in [4.69, 9.17) is 4.74 Å². The molecule has 1 rings (SSSR count). The summed E-state index contributed by atoms with van der Waals surface area (Å²) in [5, 5.41) is 0. The molecule has 1 aromatic carbocycles. The van der Waals surface area contributed by atoms with Crippen LogP contribution in [0.25, 0.3) is 0 Å². The zero-order valence-electron chi connectivity index (χ0n) is 21.1. The second kappa shape index (κ2) is 17.3. The molecule has 0 saturated carbocycles. The predicted octanol–water partition coefficient (Wildman–Crippen LogP) is 9.40. The van der Waals surface area contributed by atoms with Crippen LogP contribution in [0.2, 0.25) is 0 Å². The fourth-order valence-corrected chi connectivity index (χ4v) is 4.00. The maximum absolute atomic E-state index is 12.1. The lowest BCUT2D eigenvalue weighted by Crippen LogP contribution is -2.12. The molecule has 0 unspecified atom stereocenters. The SMILES string of the molecule is CCCCCCCCCCCCCCCCCCOC(=O)c1ccc(C(C)(C)C)cc1. The summed E-state index contributed by atoms with van der Waals surface area (Å²) in [6, 6.07) is 7.84. The van der Waals surface area contributed by atoms with Gasteiger partial charge in [0.1, 0.15) is 0 Å². The second-order valence-electron chi connectivity index (χ2n) is 10.3. The van der Waals surface area contributed by atoms with E-state index in [1.807, 2.05) is 24.3 Å². The summed E-state index contributed by atoms with van der Waals surface area (Å²) >= 11 is 0. The van der Waals surface area contributed by atoms with Crippen LogP contribution in [0.5, 0.6) is 0 Å². The van der Waals surface area contributed by atoms with Crippen molar-refractivity contribution in [2.24, 2.45) is 0 Å². The highest BCUT2D eigenvalue weighted by atomic mass is 16.5. The first-order valence-electron chi connectivity index (χ1n) is 13.2. The molecular weight excluding hydrogens is 380 g/mol. The van der Waals surface area contributed by atoms with Crippen molar-refractivity contribution >= 4 is 5.97 Å². The summed E-state index contributed by atoms with van der Waals surface area (Å²) in [6.07, 6.45) is 21.7. The van der Waals surface area contributed by atoms with Gasteiger partial charge in [-0.1, -0.05) is 136 Å². The van der Waals surface area contributed by atoms with Gasteiger partial charge >= 0.3 is 5.97 Å². The van der Waals surface area contributed by atoms with Crippen molar-refractivity contribution in [3.8, 4) is 0 Å². The van der Waals surface area contributed by atoms with Gasteiger partial charge in [-0.3, -0.25) is 0 Å². The number of hydrogen-bond donors (Lipinski definition) is 0. The van der Waals surface area contributed by atoms with Crippen LogP contribution >= 0.6 is 0 Å². The molecule has 178 valence electrons. The molecule has 0 aromatic heterocycles. The standard InChI is InChI=1S/C29H50O2/c1-5-6-7-8-9-10-11-12-13-14-15-16-17-18-19-20-25-31-28(30)26-21-23-27(24-22-26)29(2,3)4/h21-24H,5-20,25H2,1-4H3. The smallest absolute Gasteiger partial charge is 0.338 e. The zero-order chi connectivity index (χ0) is 22.8. The van der Waals surface area contributed by atoms with Crippen LogP contribution < -0.4 is 0 Å². The molecule has 0 atom stereocenters. The van der Waals surface area contributed by atoms with Gasteiger partial charge in [-0.25, -0.2) is 4.79 Å². The summed E-state index contributed by atoms with van der Waals surface area (Å²) < 4.78 is 5.43. The quantitative estimate of drug-likeness (QED) is 0.171. The van der Waals surface area contributed by atoms with E-state index < -0.39 is 0 Å². The van der Waals surface area contributed by atoms with Crippen LogP contribution in [0.15, 0.2) is 24.3 Å². The topological polar surface area (TPSA) is 26.3 Å². The second-order valence-corrected chi connectivity index (χ2v) is 10.3. The van der Waals surface area contributed by atoms with Gasteiger partial charge in [0.05, 0.1) is 12.2 Å². The van der Waals surface area contributed by atoms with Gasteiger partial charge in [0.2, 0.25) is 0 Å². The minimum Gasteiger partial charge on any atom is -0.462 e. The molecule has 0 heterocycles. The molecule has 0 aliphatic heterocycles. The third kappa shape index (κ3) is 14.4. The number of carbonyl (C=O) groups excluding carboxylic acids is 1. The molecule has 0 spiro atoms. The van der Waals surface area contributed by atoms with Crippen molar-refractivity contribution in [2.75, 3.05) is 6.61 Å². The molecule has 0 N–H and O–H groups in total. The highest BCUT2D eigenvalue weighted by molar-refractivity contribution is 5.89. The Morgan fingerprint density at radius 3 is 1.42 bits per heavy atom. The molecule has 0 aliphatic rings. The molecule has 2 heteroatoms. The molecule has 0 fully saturated rings. The van der Waals surface area contributed by atoms with Gasteiger partial charge < -0.3 is 4.74 Å². The summed E-state index contributed by atoms with van der Waals surface area (Å²) in [7, 11) is 0. The average Bonchev–Trinajstić information content (AvgIpc) is 2.75. The van der Waals surface area contributed by atoms with E-state index >= 15 is 0 Å². The number of hydrogen-bond acceptors (Lipinski definition) is 2. The minimum absolute atomic E-state index is 0.107. The van der Waals surface area contributed by atoms with Gasteiger partial charge in [0.15, 0.2) is 0 Å². The third-order valence-corrected chi connectivity index (χ3v) is 6.22. The summed E-state index contributed by atoms with van der Waals surface area (Å²) in [5.74, 6) is -0.193. The molecule has 1 aromatic rings. The fraction of sp³-hybridized carbons (Fsp3) is 0.759. The van der Waals surface area contributed by atoms with E-state index in [1.165, 1.54) is 95.5 Å². The fourth-order valence-electron chi connectivity index (χ4n) is 4.00. The van der Waals surface area contributed by atoms with Gasteiger partial charge in [0, 0.05) is 0 Å². The highest BCUT2D eigenvalue weighted by Gasteiger charge is 2.14. The van der Waals surface area contributed by atoms with E-state index in [9.17, 15) is 4.79 Å². The molecule has 0 bridgehead atoms. The summed E-state index contributed by atoms with van der Waals surface area (Å²) in [6.45, 7) is 9.36. The van der Waals surface area contributed by atoms with Crippen LogP contribution in [-0.2, 0) is 10.2 Å². The van der Waals surface area contributed by atoms with Crippen molar-refractivity contribution in [1.29, 1.82) is 0 Å². The Morgan fingerprint density at radius 1 is 0.645 bits per heavy atom. The number of ether oxygens (including phenoxy) is 1. The van der Waals surface area contributed by atoms with Crippen LogP contribution in [0.3, 0.4) is 0 Å². The van der Waals surface area contributed by atoms with Gasteiger partial charge in [-0.05, 0) is 29.5 Å². The van der Waals surface area contributed by atoms with E-state index in [1.54, 1.807) is 0 Å². The first-order chi connectivity index (χ1) is 14.9. The lowest BCUT2D eigenvalue weighted by Gasteiger charge is -2.18. The highest BCUT2D eigenvalue weighted by Crippen LogP contribution is 2.22.